The Balaban J connectivity index is 2.07. The van der Waals surface area contributed by atoms with Crippen LogP contribution in [-0.2, 0) is 6.54 Å². The minimum atomic E-state index is -0.247. The molecule has 19 heavy (non-hydrogen) atoms. The monoisotopic (exact) mass is 257 g/mol. The summed E-state index contributed by atoms with van der Waals surface area (Å²) in [5.74, 6) is 0.571. The average molecular weight is 257 g/mol. The lowest BCUT2D eigenvalue weighted by Crippen LogP contribution is -2.01. The zero-order chi connectivity index (χ0) is 13.7. The third-order valence-electron chi connectivity index (χ3n) is 2.90. The minimum absolute atomic E-state index is 0.247. The van der Waals surface area contributed by atoms with Crippen LogP contribution in [0.15, 0.2) is 49.0 Å². The summed E-state index contributed by atoms with van der Waals surface area (Å²) in [6.45, 7) is 4.32. The van der Waals surface area contributed by atoms with E-state index in [-0.39, 0.29) is 5.82 Å². The van der Waals surface area contributed by atoms with Crippen LogP contribution in [0.5, 0.6) is 5.75 Å². The van der Waals surface area contributed by atoms with E-state index in [1.807, 2.05) is 24.3 Å². The van der Waals surface area contributed by atoms with Crippen LogP contribution in [0.3, 0.4) is 0 Å². The molecule has 2 aromatic carbocycles. The number of benzene rings is 2. The largest absolute Gasteiger partial charge is 0.497 e. The van der Waals surface area contributed by atoms with E-state index in [0.29, 0.717) is 6.54 Å². The zero-order valence-electron chi connectivity index (χ0n) is 10.8. The van der Waals surface area contributed by atoms with Gasteiger partial charge >= 0.3 is 0 Å². The summed E-state index contributed by atoms with van der Waals surface area (Å²) in [7, 11) is 1.64. The SMILES string of the molecule is C=Cc1cc(F)ccc1CNc1ccc(OC)cc1. The smallest absolute Gasteiger partial charge is 0.123 e. The molecule has 0 unspecified atom stereocenters. The van der Waals surface area contributed by atoms with E-state index < -0.39 is 0 Å². The first kappa shape index (κ1) is 13.1. The van der Waals surface area contributed by atoms with Gasteiger partial charge in [-0.25, -0.2) is 4.39 Å². The molecule has 0 spiro atoms. The lowest BCUT2D eigenvalue weighted by molar-refractivity contribution is 0.415. The number of hydrogen-bond acceptors (Lipinski definition) is 2. The fourth-order valence-corrected chi connectivity index (χ4v) is 1.82. The summed E-state index contributed by atoms with van der Waals surface area (Å²) in [4.78, 5) is 0. The number of anilines is 1. The quantitative estimate of drug-likeness (QED) is 0.871. The summed E-state index contributed by atoms with van der Waals surface area (Å²) in [6.07, 6.45) is 1.66. The average Bonchev–Trinajstić information content (AvgIpc) is 2.46. The molecule has 0 aromatic heterocycles. The molecule has 2 aromatic rings. The maximum atomic E-state index is 13.1. The van der Waals surface area contributed by atoms with E-state index >= 15 is 0 Å². The molecule has 0 amide bonds. The second-order valence-electron chi connectivity index (χ2n) is 4.13. The summed E-state index contributed by atoms with van der Waals surface area (Å²) in [5.41, 5.74) is 2.80. The molecule has 0 radical (unpaired) electrons. The maximum Gasteiger partial charge on any atom is 0.123 e. The van der Waals surface area contributed by atoms with Gasteiger partial charge in [0.15, 0.2) is 0 Å². The highest BCUT2D eigenvalue weighted by atomic mass is 19.1. The normalized spacial score (nSPS) is 10.0. The van der Waals surface area contributed by atoms with Crippen molar-refractivity contribution >= 4 is 11.8 Å². The topological polar surface area (TPSA) is 21.3 Å². The highest BCUT2D eigenvalue weighted by Crippen LogP contribution is 2.18. The summed E-state index contributed by atoms with van der Waals surface area (Å²) in [6, 6.07) is 12.4. The van der Waals surface area contributed by atoms with E-state index in [0.717, 1.165) is 22.6 Å². The first-order valence-corrected chi connectivity index (χ1v) is 6.01. The van der Waals surface area contributed by atoms with Gasteiger partial charge in [-0.05, 0) is 47.5 Å². The molecule has 2 nitrogen and oxygen atoms in total. The molecule has 3 heteroatoms. The van der Waals surface area contributed by atoms with Crippen LogP contribution in [0.4, 0.5) is 10.1 Å². The van der Waals surface area contributed by atoms with Crippen molar-refractivity contribution in [1.82, 2.24) is 0 Å². The molecule has 0 atom stereocenters. The Morgan fingerprint density at radius 3 is 2.58 bits per heavy atom. The van der Waals surface area contributed by atoms with Crippen molar-refractivity contribution < 1.29 is 9.13 Å². The molecule has 1 N–H and O–H groups in total. The number of rotatable bonds is 5. The third kappa shape index (κ3) is 3.35. The van der Waals surface area contributed by atoms with Crippen LogP contribution in [0, 0.1) is 5.82 Å². The van der Waals surface area contributed by atoms with Crippen LogP contribution in [0.1, 0.15) is 11.1 Å². The first-order chi connectivity index (χ1) is 9.22. The first-order valence-electron chi connectivity index (χ1n) is 6.01. The van der Waals surface area contributed by atoms with Gasteiger partial charge in [-0.1, -0.05) is 18.7 Å². The molecule has 0 saturated heterocycles. The van der Waals surface area contributed by atoms with Crippen LogP contribution in [0.2, 0.25) is 0 Å². The Morgan fingerprint density at radius 1 is 1.21 bits per heavy atom. The van der Waals surface area contributed by atoms with Crippen molar-refractivity contribution in [2.24, 2.45) is 0 Å². The molecule has 2 rings (SSSR count). The fourth-order valence-electron chi connectivity index (χ4n) is 1.82. The molecule has 0 fully saturated rings. The van der Waals surface area contributed by atoms with Crippen LogP contribution < -0.4 is 10.1 Å². The molecule has 98 valence electrons. The van der Waals surface area contributed by atoms with E-state index in [2.05, 4.69) is 11.9 Å². The highest BCUT2D eigenvalue weighted by Gasteiger charge is 2.01. The van der Waals surface area contributed by atoms with Gasteiger partial charge in [0.25, 0.3) is 0 Å². The summed E-state index contributed by atoms with van der Waals surface area (Å²) < 4.78 is 18.2. The van der Waals surface area contributed by atoms with Gasteiger partial charge in [0.2, 0.25) is 0 Å². The predicted molar refractivity (Wildman–Crippen MR) is 76.8 cm³/mol. The van der Waals surface area contributed by atoms with E-state index in [4.69, 9.17) is 4.74 Å². The van der Waals surface area contributed by atoms with Crippen LogP contribution in [-0.4, -0.2) is 7.11 Å². The Hall–Kier alpha value is -2.29. The number of ether oxygens (including phenoxy) is 1. The molecule has 0 heterocycles. The zero-order valence-corrected chi connectivity index (χ0v) is 10.8. The van der Waals surface area contributed by atoms with E-state index in [1.165, 1.54) is 12.1 Å². The van der Waals surface area contributed by atoms with Crippen molar-refractivity contribution in [2.45, 2.75) is 6.54 Å². The Kier molecular flexibility index (Phi) is 4.18. The van der Waals surface area contributed by atoms with Gasteiger partial charge in [0.05, 0.1) is 7.11 Å². The Bertz CT molecular complexity index is 563. The van der Waals surface area contributed by atoms with Gasteiger partial charge in [-0.2, -0.15) is 0 Å². The number of methoxy groups -OCH3 is 1. The Morgan fingerprint density at radius 2 is 1.95 bits per heavy atom. The van der Waals surface area contributed by atoms with Crippen molar-refractivity contribution in [3.8, 4) is 5.75 Å². The molecule has 0 aliphatic heterocycles. The third-order valence-corrected chi connectivity index (χ3v) is 2.90. The molecule has 0 aliphatic carbocycles. The molecule has 0 aliphatic rings. The summed E-state index contributed by atoms with van der Waals surface area (Å²) >= 11 is 0. The highest BCUT2D eigenvalue weighted by molar-refractivity contribution is 5.54. The van der Waals surface area contributed by atoms with Crippen LogP contribution in [0.25, 0.3) is 6.08 Å². The van der Waals surface area contributed by atoms with Crippen LogP contribution >= 0.6 is 0 Å². The van der Waals surface area contributed by atoms with E-state index in [1.54, 1.807) is 19.3 Å². The molecular weight excluding hydrogens is 241 g/mol. The van der Waals surface area contributed by atoms with Crippen molar-refractivity contribution in [3.05, 3.63) is 66.0 Å². The molecular formula is C16H16FNO. The van der Waals surface area contributed by atoms with Gasteiger partial charge in [0, 0.05) is 12.2 Å². The van der Waals surface area contributed by atoms with Gasteiger partial charge in [-0.15, -0.1) is 0 Å². The number of hydrogen-bond donors (Lipinski definition) is 1. The number of nitrogens with one attached hydrogen (secondary N) is 1. The molecule has 0 saturated carbocycles. The standard InChI is InChI=1S/C16H16FNO/c1-3-12-10-14(17)5-4-13(12)11-18-15-6-8-16(19-2)9-7-15/h3-10,18H,1,11H2,2H3. The molecule has 0 bridgehead atoms. The Labute approximate surface area is 112 Å². The number of halogens is 1. The van der Waals surface area contributed by atoms with Crippen molar-refractivity contribution in [2.75, 3.05) is 12.4 Å². The fraction of sp³-hybridized carbons (Fsp3) is 0.125. The minimum Gasteiger partial charge on any atom is -0.497 e. The predicted octanol–water partition coefficient (Wildman–Crippen LogP) is 4.09. The van der Waals surface area contributed by atoms with Gasteiger partial charge in [-0.3, -0.25) is 0 Å². The van der Waals surface area contributed by atoms with Gasteiger partial charge in [0.1, 0.15) is 11.6 Å². The van der Waals surface area contributed by atoms with Gasteiger partial charge < -0.3 is 10.1 Å². The second kappa shape index (κ2) is 6.05. The maximum absolute atomic E-state index is 13.1. The lowest BCUT2D eigenvalue weighted by Gasteiger charge is -2.10. The second-order valence-corrected chi connectivity index (χ2v) is 4.13. The van der Waals surface area contributed by atoms with Crippen molar-refractivity contribution in [1.29, 1.82) is 0 Å². The lowest BCUT2D eigenvalue weighted by atomic mass is 10.1. The van der Waals surface area contributed by atoms with E-state index in [9.17, 15) is 4.39 Å². The van der Waals surface area contributed by atoms with Crippen molar-refractivity contribution in [3.63, 3.8) is 0 Å². The summed E-state index contributed by atoms with van der Waals surface area (Å²) in [5, 5.41) is 3.28.